The summed E-state index contributed by atoms with van der Waals surface area (Å²) >= 11 is 1.68. The summed E-state index contributed by atoms with van der Waals surface area (Å²) in [5, 5.41) is 3.04. The number of nitrogens with one attached hydrogen (secondary N) is 1. The Kier molecular flexibility index (Phi) is 6.59. The first-order chi connectivity index (χ1) is 12.6. The number of rotatable bonds is 6. The zero-order valence-corrected chi connectivity index (χ0v) is 16.6. The van der Waals surface area contributed by atoms with Crippen LogP contribution in [-0.4, -0.2) is 55.2 Å². The van der Waals surface area contributed by atoms with E-state index in [0.29, 0.717) is 25.6 Å². The number of carbonyl (C=O) groups excluding carboxylic acids is 2. The lowest BCUT2D eigenvalue weighted by atomic mass is 10.0. The van der Waals surface area contributed by atoms with Crippen LogP contribution in [-0.2, 0) is 9.59 Å². The second-order valence-electron chi connectivity index (χ2n) is 7.28. The number of carbonyl (C=O) groups is 2. The minimum Gasteiger partial charge on any atom is -0.355 e. The number of anilines is 1. The van der Waals surface area contributed by atoms with Gasteiger partial charge in [-0.15, -0.1) is 11.8 Å². The van der Waals surface area contributed by atoms with Crippen LogP contribution in [0.2, 0.25) is 0 Å². The number of thioether (sulfide) groups is 1. The molecule has 1 aromatic rings. The van der Waals surface area contributed by atoms with E-state index in [0.717, 1.165) is 18.8 Å². The van der Waals surface area contributed by atoms with Crippen molar-refractivity contribution >= 4 is 29.3 Å². The first-order valence-corrected chi connectivity index (χ1v) is 10.8. The van der Waals surface area contributed by atoms with Crippen molar-refractivity contribution in [3.8, 4) is 0 Å². The molecule has 2 amide bonds. The molecule has 0 bridgehead atoms. The number of amides is 2. The Hall–Kier alpha value is -1.53. The van der Waals surface area contributed by atoms with Crippen LogP contribution in [0.5, 0.6) is 0 Å². The maximum Gasteiger partial charge on any atom is 0.227 e. The summed E-state index contributed by atoms with van der Waals surface area (Å²) in [6, 6.07) is 8.55. The van der Waals surface area contributed by atoms with Crippen LogP contribution < -0.4 is 10.2 Å². The molecule has 142 valence electrons. The Morgan fingerprint density at radius 2 is 2.04 bits per heavy atom. The molecule has 2 saturated heterocycles. The molecule has 2 atom stereocenters. The summed E-state index contributed by atoms with van der Waals surface area (Å²) in [6.07, 6.45) is 6.13. The lowest BCUT2D eigenvalue weighted by molar-refractivity contribution is -0.126. The zero-order valence-electron chi connectivity index (χ0n) is 15.7. The number of piperidine rings is 1. The molecule has 2 aliphatic rings. The third-order valence-corrected chi connectivity index (χ3v) is 6.26. The van der Waals surface area contributed by atoms with Crippen LogP contribution in [0, 0.1) is 5.92 Å². The summed E-state index contributed by atoms with van der Waals surface area (Å²) in [5.74, 6) is -0.209. The van der Waals surface area contributed by atoms with Crippen LogP contribution in [0.1, 0.15) is 32.6 Å². The van der Waals surface area contributed by atoms with Crippen molar-refractivity contribution < 1.29 is 9.59 Å². The zero-order chi connectivity index (χ0) is 18.5. The van der Waals surface area contributed by atoms with Crippen molar-refractivity contribution in [2.24, 2.45) is 5.92 Å². The second-order valence-corrected chi connectivity index (χ2v) is 8.15. The molecule has 1 N–H and O–H groups in total. The van der Waals surface area contributed by atoms with Gasteiger partial charge < -0.3 is 10.2 Å². The quantitative estimate of drug-likeness (QED) is 0.777. The molecule has 3 rings (SSSR count). The van der Waals surface area contributed by atoms with Crippen LogP contribution >= 0.6 is 11.8 Å². The molecule has 0 spiro atoms. The fraction of sp³-hybridized carbons (Fsp3) is 0.600. The Morgan fingerprint density at radius 1 is 1.27 bits per heavy atom. The fourth-order valence-electron chi connectivity index (χ4n) is 3.85. The molecule has 0 saturated carbocycles. The summed E-state index contributed by atoms with van der Waals surface area (Å²) < 4.78 is 0. The van der Waals surface area contributed by atoms with Crippen molar-refractivity contribution in [1.82, 2.24) is 10.2 Å². The Bertz CT molecular complexity index is 634. The third kappa shape index (κ3) is 4.60. The van der Waals surface area contributed by atoms with Gasteiger partial charge in [0.05, 0.1) is 5.92 Å². The highest BCUT2D eigenvalue weighted by Crippen LogP contribution is 2.27. The third-order valence-electron chi connectivity index (χ3n) is 5.52. The van der Waals surface area contributed by atoms with Crippen LogP contribution in [0.4, 0.5) is 5.69 Å². The first-order valence-electron chi connectivity index (χ1n) is 9.54. The highest BCUT2D eigenvalue weighted by molar-refractivity contribution is 7.98. The predicted octanol–water partition coefficient (Wildman–Crippen LogP) is 2.75. The highest BCUT2D eigenvalue weighted by Gasteiger charge is 2.35. The first kappa shape index (κ1) is 19.2. The number of benzene rings is 1. The Balaban J connectivity index is 1.48. The molecule has 0 aliphatic carbocycles. The smallest absolute Gasteiger partial charge is 0.227 e. The number of hydrogen-bond donors (Lipinski definition) is 1. The van der Waals surface area contributed by atoms with Gasteiger partial charge in [0.1, 0.15) is 0 Å². The number of nitrogens with zero attached hydrogens (tertiary/aromatic N) is 2. The van der Waals surface area contributed by atoms with Gasteiger partial charge in [-0.1, -0.05) is 6.42 Å². The van der Waals surface area contributed by atoms with Gasteiger partial charge in [0.2, 0.25) is 11.8 Å². The molecule has 0 radical (unpaired) electrons. The lowest BCUT2D eigenvalue weighted by Crippen LogP contribution is -2.43. The standard InChI is InChI=1S/C20H29N3O2S/c1-15-5-3-4-11-22(15)12-10-21-20(25)16-13-19(24)23(14-16)17-6-8-18(26-2)9-7-17/h6-9,15-16H,3-5,10-14H2,1-2H3,(H,21,25). The van der Waals surface area contributed by atoms with Crippen molar-refractivity contribution in [2.75, 3.05) is 37.3 Å². The minimum absolute atomic E-state index is 0.00578. The monoisotopic (exact) mass is 375 g/mol. The number of likely N-dealkylation sites (tertiary alicyclic amines) is 1. The maximum absolute atomic E-state index is 12.5. The maximum atomic E-state index is 12.5. The fourth-order valence-corrected chi connectivity index (χ4v) is 4.26. The van der Waals surface area contributed by atoms with Crippen molar-refractivity contribution in [3.63, 3.8) is 0 Å². The van der Waals surface area contributed by atoms with Crippen molar-refractivity contribution in [2.45, 2.75) is 43.5 Å². The summed E-state index contributed by atoms with van der Waals surface area (Å²) in [5.41, 5.74) is 0.880. The number of hydrogen-bond acceptors (Lipinski definition) is 4. The predicted molar refractivity (Wildman–Crippen MR) is 107 cm³/mol. The van der Waals surface area contributed by atoms with E-state index in [1.807, 2.05) is 30.5 Å². The van der Waals surface area contributed by atoms with E-state index in [9.17, 15) is 9.59 Å². The molecule has 2 fully saturated rings. The lowest BCUT2D eigenvalue weighted by Gasteiger charge is -2.33. The molecule has 1 aromatic carbocycles. The van der Waals surface area contributed by atoms with Crippen molar-refractivity contribution in [3.05, 3.63) is 24.3 Å². The molecule has 2 heterocycles. The molecule has 5 nitrogen and oxygen atoms in total. The molecule has 2 unspecified atom stereocenters. The van der Waals surface area contributed by atoms with Gasteiger partial charge in [-0.2, -0.15) is 0 Å². The van der Waals surface area contributed by atoms with Crippen LogP contribution in [0.3, 0.4) is 0 Å². The van der Waals surface area contributed by atoms with E-state index in [1.165, 1.54) is 24.2 Å². The summed E-state index contributed by atoms with van der Waals surface area (Å²) in [7, 11) is 0. The summed E-state index contributed by atoms with van der Waals surface area (Å²) in [6.45, 7) is 5.42. The highest BCUT2D eigenvalue weighted by atomic mass is 32.2. The van der Waals surface area contributed by atoms with Crippen molar-refractivity contribution in [1.29, 1.82) is 0 Å². The minimum atomic E-state index is -0.249. The van der Waals surface area contributed by atoms with Gasteiger partial charge in [-0.25, -0.2) is 0 Å². The van der Waals surface area contributed by atoms with Crippen LogP contribution in [0.15, 0.2) is 29.2 Å². The second kappa shape index (κ2) is 8.91. The molecular formula is C20H29N3O2S. The average molecular weight is 376 g/mol. The molecular weight excluding hydrogens is 346 g/mol. The molecule has 26 heavy (non-hydrogen) atoms. The largest absolute Gasteiger partial charge is 0.355 e. The van der Waals surface area contributed by atoms with E-state index >= 15 is 0 Å². The van der Waals surface area contributed by atoms with Gasteiger partial charge in [0, 0.05) is 42.7 Å². The van der Waals surface area contributed by atoms with E-state index < -0.39 is 0 Å². The normalized spacial score (nSPS) is 24.1. The van der Waals surface area contributed by atoms with Gasteiger partial charge in [0.25, 0.3) is 0 Å². The van der Waals surface area contributed by atoms with E-state index in [1.54, 1.807) is 16.7 Å². The Labute approximate surface area is 160 Å². The van der Waals surface area contributed by atoms with Gasteiger partial charge >= 0.3 is 0 Å². The van der Waals surface area contributed by atoms with E-state index in [2.05, 4.69) is 17.1 Å². The molecule has 2 aliphatic heterocycles. The molecule has 0 aromatic heterocycles. The van der Waals surface area contributed by atoms with Gasteiger partial charge in [0.15, 0.2) is 0 Å². The average Bonchev–Trinajstić information content (AvgIpc) is 3.05. The van der Waals surface area contributed by atoms with E-state index in [-0.39, 0.29) is 17.7 Å². The topological polar surface area (TPSA) is 52.7 Å². The summed E-state index contributed by atoms with van der Waals surface area (Å²) in [4.78, 5) is 30.2. The Morgan fingerprint density at radius 3 is 2.73 bits per heavy atom. The SMILES string of the molecule is CSc1ccc(N2CC(C(=O)NCCN3CCCCC3C)CC2=O)cc1. The molecule has 6 heteroatoms. The van der Waals surface area contributed by atoms with Crippen LogP contribution in [0.25, 0.3) is 0 Å². The van der Waals surface area contributed by atoms with E-state index in [4.69, 9.17) is 0 Å². The van der Waals surface area contributed by atoms with Gasteiger partial charge in [-0.05, 0) is 56.8 Å². The van der Waals surface area contributed by atoms with Gasteiger partial charge in [-0.3, -0.25) is 14.5 Å².